The van der Waals surface area contributed by atoms with Gasteiger partial charge >= 0.3 is 0 Å². The summed E-state index contributed by atoms with van der Waals surface area (Å²) in [5.74, 6) is -0.382. The smallest absolute Gasteiger partial charge is 0.233 e. The van der Waals surface area contributed by atoms with Crippen molar-refractivity contribution < 1.29 is 19.1 Å². The molecular weight excluding hydrogens is 423 g/mol. The van der Waals surface area contributed by atoms with Crippen molar-refractivity contribution in [1.82, 2.24) is 0 Å². The fraction of sp³-hybridized carbons (Fsp3) is 0.0833. The monoisotopic (exact) mass is 438 g/mol. The second kappa shape index (κ2) is 7.98. The molecule has 0 unspecified atom stereocenters. The molecule has 0 radical (unpaired) electrons. The van der Waals surface area contributed by atoms with E-state index in [2.05, 4.69) is 0 Å². The first-order chi connectivity index (χ1) is 14.3. The van der Waals surface area contributed by atoms with Crippen LogP contribution in [0.3, 0.4) is 0 Å². The summed E-state index contributed by atoms with van der Waals surface area (Å²) < 4.78 is 11.9. The van der Waals surface area contributed by atoms with E-state index >= 15 is 0 Å². The zero-order valence-corrected chi connectivity index (χ0v) is 17.7. The Morgan fingerprint density at radius 1 is 0.633 bits per heavy atom. The molecule has 150 valence electrons. The van der Waals surface area contributed by atoms with Crippen LogP contribution < -0.4 is 9.47 Å². The summed E-state index contributed by atoms with van der Waals surface area (Å²) in [5, 5.41) is 1.08. The average Bonchev–Trinajstić information content (AvgIpc) is 2.71. The van der Waals surface area contributed by atoms with Gasteiger partial charge < -0.3 is 9.47 Å². The highest BCUT2D eigenvalue weighted by Crippen LogP contribution is 2.33. The molecule has 0 fully saturated rings. The maximum atomic E-state index is 13.2. The van der Waals surface area contributed by atoms with Crippen LogP contribution in [0, 0.1) is 13.8 Å². The molecule has 0 bridgehead atoms. The van der Waals surface area contributed by atoms with Crippen LogP contribution in [-0.4, -0.2) is 11.6 Å². The van der Waals surface area contributed by atoms with Gasteiger partial charge in [0.15, 0.2) is 0 Å². The Balaban J connectivity index is 1.85. The molecule has 0 saturated carbocycles. The number of ketones is 2. The summed E-state index contributed by atoms with van der Waals surface area (Å²) in [6, 6.07) is 16.6. The number of aryl methyl sites for hydroxylation is 2. The lowest BCUT2D eigenvalue weighted by Gasteiger charge is -2.22. The van der Waals surface area contributed by atoms with Crippen molar-refractivity contribution in [3.05, 3.63) is 104 Å². The molecule has 0 heterocycles. The number of ether oxygens (including phenoxy) is 2. The van der Waals surface area contributed by atoms with Crippen molar-refractivity contribution in [2.45, 2.75) is 13.8 Å². The van der Waals surface area contributed by atoms with E-state index in [-0.39, 0.29) is 22.6 Å². The van der Waals surface area contributed by atoms with Crippen LogP contribution in [0.2, 0.25) is 10.0 Å². The minimum absolute atomic E-state index is 0.168. The van der Waals surface area contributed by atoms with Crippen LogP contribution in [-0.2, 0) is 0 Å². The van der Waals surface area contributed by atoms with Gasteiger partial charge in [-0.25, -0.2) is 0 Å². The molecule has 6 heteroatoms. The van der Waals surface area contributed by atoms with Crippen molar-refractivity contribution in [3.8, 4) is 11.5 Å². The normalized spacial score (nSPS) is 13.3. The van der Waals surface area contributed by atoms with Gasteiger partial charge in [-0.15, -0.1) is 0 Å². The topological polar surface area (TPSA) is 52.6 Å². The molecule has 3 aromatic carbocycles. The van der Waals surface area contributed by atoms with E-state index in [0.717, 1.165) is 11.1 Å². The zero-order chi connectivity index (χ0) is 21.4. The molecule has 0 N–H and O–H groups in total. The summed E-state index contributed by atoms with van der Waals surface area (Å²) in [6.07, 6.45) is 0. The molecule has 1 aliphatic carbocycles. The number of allylic oxidation sites excluding steroid dienone is 2. The van der Waals surface area contributed by atoms with E-state index < -0.39 is 11.6 Å². The molecule has 0 aliphatic heterocycles. The molecule has 0 saturated heterocycles. The van der Waals surface area contributed by atoms with Gasteiger partial charge in [-0.1, -0.05) is 47.5 Å². The third kappa shape index (κ3) is 3.72. The predicted molar refractivity (Wildman–Crippen MR) is 116 cm³/mol. The second-order valence-electron chi connectivity index (χ2n) is 6.89. The van der Waals surface area contributed by atoms with E-state index in [9.17, 15) is 9.59 Å². The number of fused-ring (bicyclic) bond motifs is 1. The van der Waals surface area contributed by atoms with Gasteiger partial charge in [0, 0.05) is 21.2 Å². The molecule has 1 aliphatic rings. The Morgan fingerprint density at radius 3 is 1.40 bits per heavy atom. The largest absolute Gasteiger partial charge is 0.449 e. The molecule has 0 amide bonds. The number of benzene rings is 3. The van der Waals surface area contributed by atoms with Gasteiger partial charge in [0.25, 0.3) is 0 Å². The molecule has 0 spiro atoms. The summed E-state index contributed by atoms with van der Waals surface area (Å²) in [6.45, 7) is 3.60. The van der Waals surface area contributed by atoms with Crippen LogP contribution in [0.4, 0.5) is 0 Å². The van der Waals surface area contributed by atoms with Gasteiger partial charge in [-0.2, -0.15) is 0 Å². The van der Waals surface area contributed by atoms with Crippen LogP contribution >= 0.6 is 23.2 Å². The lowest BCUT2D eigenvalue weighted by Crippen LogP contribution is -2.28. The van der Waals surface area contributed by atoms with Crippen molar-refractivity contribution >= 4 is 34.8 Å². The van der Waals surface area contributed by atoms with Crippen LogP contribution in [0.5, 0.6) is 11.5 Å². The van der Waals surface area contributed by atoms with Gasteiger partial charge in [-0.3, -0.25) is 9.59 Å². The average molecular weight is 439 g/mol. The molecule has 0 aromatic heterocycles. The third-order valence-corrected chi connectivity index (χ3v) is 5.20. The number of hydrogen-bond acceptors (Lipinski definition) is 4. The molecule has 30 heavy (non-hydrogen) atoms. The van der Waals surface area contributed by atoms with Crippen molar-refractivity contribution in [1.29, 1.82) is 0 Å². The Bertz CT molecular complexity index is 1130. The van der Waals surface area contributed by atoms with Gasteiger partial charge in [0.05, 0.1) is 0 Å². The number of rotatable bonds is 4. The SMILES string of the molecule is Cc1cc(Cl)ccc1OC1=C(Oc2ccc(Cl)cc2C)C(=O)c2ccccc2C1=O. The third-order valence-electron chi connectivity index (χ3n) is 4.73. The maximum absolute atomic E-state index is 13.2. The Kier molecular flexibility index (Phi) is 5.37. The summed E-state index contributed by atoms with van der Waals surface area (Å²) in [7, 11) is 0. The molecule has 4 nitrogen and oxygen atoms in total. The highest BCUT2D eigenvalue weighted by atomic mass is 35.5. The van der Waals surface area contributed by atoms with E-state index in [0.29, 0.717) is 21.5 Å². The van der Waals surface area contributed by atoms with Crippen molar-refractivity contribution in [2.75, 3.05) is 0 Å². The Morgan fingerprint density at radius 2 is 1.03 bits per heavy atom. The summed E-state index contributed by atoms with van der Waals surface area (Å²) in [5.41, 5.74) is 1.97. The first-order valence-corrected chi connectivity index (χ1v) is 9.91. The van der Waals surface area contributed by atoms with E-state index in [1.165, 1.54) is 0 Å². The predicted octanol–water partition coefficient (Wildman–Crippen LogP) is 6.36. The minimum Gasteiger partial charge on any atom is -0.449 e. The van der Waals surface area contributed by atoms with Crippen molar-refractivity contribution in [2.24, 2.45) is 0 Å². The minimum atomic E-state index is -0.429. The number of hydrogen-bond donors (Lipinski definition) is 0. The molecule has 3 aromatic rings. The van der Waals surface area contributed by atoms with Crippen LogP contribution in [0.25, 0.3) is 0 Å². The van der Waals surface area contributed by atoms with Crippen LogP contribution in [0.1, 0.15) is 31.8 Å². The molecular formula is C24H16Cl2O4. The van der Waals surface area contributed by atoms with Crippen molar-refractivity contribution in [3.63, 3.8) is 0 Å². The fourth-order valence-corrected chi connectivity index (χ4v) is 3.64. The van der Waals surface area contributed by atoms with Gasteiger partial charge in [0.1, 0.15) is 11.5 Å². The fourth-order valence-electron chi connectivity index (χ4n) is 3.19. The number of Topliss-reactive ketones (excluding diaryl/α,β-unsaturated/α-hetero) is 2. The Labute approximate surface area is 183 Å². The molecule has 0 atom stereocenters. The number of carbonyl (C=O) groups is 2. The lowest BCUT2D eigenvalue weighted by atomic mass is 9.92. The summed E-state index contributed by atoms with van der Waals surface area (Å²) in [4.78, 5) is 26.4. The highest BCUT2D eigenvalue weighted by molar-refractivity contribution is 6.31. The first kappa shape index (κ1) is 20.2. The van der Waals surface area contributed by atoms with Gasteiger partial charge in [-0.05, 0) is 61.4 Å². The van der Waals surface area contributed by atoms with Gasteiger partial charge in [0.2, 0.25) is 23.1 Å². The standard InChI is InChI=1S/C24H16Cl2O4/c1-13-11-15(25)7-9-19(13)29-23-21(27)17-5-3-4-6-18(17)22(28)24(23)30-20-10-8-16(26)12-14(20)2/h3-12H,1-2H3. The first-order valence-electron chi connectivity index (χ1n) is 9.16. The summed E-state index contributed by atoms with van der Waals surface area (Å²) >= 11 is 12.0. The number of halogens is 2. The van der Waals surface area contributed by atoms with E-state index in [1.807, 2.05) is 0 Å². The lowest BCUT2D eigenvalue weighted by molar-refractivity contribution is 0.0896. The maximum Gasteiger partial charge on any atom is 0.233 e. The molecule has 4 rings (SSSR count). The van der Waals surface area contributed by atoms with E-state index in [4.69, 9.17) is 32.7 Å². The Hall–Kier alpha value is -3.08. The second-order valence-corrected chi connectivity index (χ2v) is 7.76. The van der Waals surface area contributed by atoms with E-state index in [1.54, 1.807) is 74.5 Å². The quantitative estimate of drug-likeness (QED) is 0.475. The van der Waals surface area contributed by atoms with Crippen LogP contribution in [0.15, 0.2) is 72.2 Å². The number of carbonyl (C=O) groups excluding carboxylic acids is 2. The zero-order valence-electron chi connectivity index (χ0n) is 16.2. The highest BCUT2D eigenvalue weighted by Gasteiger charge is 2.36.